The van der Waals surface area contributed by atoms with Gasteiger partial charge >= 0.3 is 0 Å². The van der Waals surface area contributed by atoms with Crippen LogP contribution in [-0.4, -0.2) is 67.0 Å². The molecule has 18 rings (SSSR count). The zero-order valence-corrected chi connectivity index (χ0v) is 76.3. The highest BCUT2D eigenvalue weighted by atomic mass is 16.5. The van der Waals surface area contributed by atoms with Crippen LogP contribution < -0.4 is 0 Å². The van der Waals surface area contributed by atoms with Crippen molar-refractivity contribution in [3.05, 3.63) is 263 Å². The number of hydrogen-bond acceptors (Lipinski definition) is 3. The molecule has 9 nitrogen and oxygen atoms in total. The summed E-state index contributed by atoms with van der Waals surface area (Å²) in [5.74, 6) is 0. The summed E-state index contributed by atoms with van der Waals surface area (Å²) in [5, 5.41) is 15.1. The Morgan fingerprint density at radius 2 is 0.306 bits per heavy atom. The van der Waals surface area contributed by atoms with Crippen LogP contribution in [0.15, 0.2) is 218 Å². The third-order valence-electron chi connectivity index (χ3n) is 26.3. The summed E-state index contributed by atoms with van der Waals surface area (Å²) in [6.07, 6.45) is 0. The van der Waals surface area contributed by atoms with Crippen LogP contribution in [0.2, 0.25) is 0 Å². The lowest BCUT2D eigenvalue weighted by Crippen LogP contribution is -2.13. The fraction of sp³-hybridized carbons (Fsp3) is 0.357. The molecule has 620 valence electrons. The lowest BCUT2D eigenvalue weighted by molar-refractivity contribution is 0.0123. The van der Waals surface area contributed by atoms with Crippen molar-refractivity contribution in [2.24, 2.45) is 0 Å². The van der Waals surface area contributed by atoms with Gasteiger partial charge in [0.05, 0.1) is 83.8 Å². The van der Waals surface area contributed by atoms with E-state index in [9.17, 15) is 0 Å². The molecule has 0 saturated carbocycles. The van der Waals surface area contributed by atoms with Crippen molar-refractivity contribution < 1.29 is 14.2 Å². The van der Waals surface area contributed by atoms with Gasteiger partial charge in [-0.15, -0.1) is 0 Å². The van der Waals surface area contributed by atoms with E-state index < -0.39 is 0 Å². The molecule has 0 spiro atoms. The van der Waals surface area contributed by atoms with Gasteiger partial charge in [-0.05, 0) is 258 Å². The van der Waals surface area contributed by atoms with E-state index >= 15 is 0 Å². The van der Waals surface area contributed by atoms with Gasteiger partial charge in [0.25, 0.3) is 0 Å². The molecule has 0 saturated heterocycles. The fourth-order valence-corrected chi connectivity index (χ4v) is 19.0. The van der Waals surface area contributed by atoms with Crippen LogP contribution >= 0.6 is 0 Å². The van der Waals surface area contributed by atoms with E-state index in [2.05, 4.69) is 412 Å². The van der Waals surface area contributed by atoms with Gasteiger partial charge < -0.3 is 41.6 Å². The van der Waals surface area contributed by atoms with Crippen LogP contribution in [0.1, 0.15) is 211 Å². The van der Waals surface area contributed by atoms with Gasteiger partial charge in [0.2, 0.25) is 0 Å². The van der Waals surface area contributed by atoms with Crippen molar-refractivity contribution in [3.8, 4) is 22.7 Å². The Bertz CT molecular complexity index is 6060. The fourth-order valence-electron chi connectivity index (χ4n) is 19.0. The molecule has 9 heteroatoms. The molecule has 0 aliphatic rings. The second kappa shape index (κ2) is 29.0. The predicted molar refractivity (Wildman–Crippen MR) is 518 cm³/mol. The van der Waals surface area contributed by atoms with Crippen LogP contribution in [0.5, 0.6) is 0 Å². The lowest BCUT2D eigenvalue weighted by Gasteiger charge is -2.19. The number of fused-ring (bicyclic) bond motifs is 18. The van der Waals surface area contributed by atoms with E-state index in [1.807, 2.05) is 0 Å². The molecule has 121 heavy (non-hydrogen) atoms. The molecule has 18 aromatic rings. The first-order chi connectivity index (χ1) is 57.1. The van der Waals surface area contributed by atoms with Gasteiger partial charge in [-0.3, -0.25) is 0 Å². The maximum atomic E-state index is 6.57. The molecule has 0 fully saturated rings. The first-order valence-corrected chi connectivity index (χ1v) is 44.3. The van der Waals surface area contributed by atoms with Crippen LogP contribution in [0.3, 0.4) is 0 Å². The van der Waals surface area contributed by atoms with Crippen molar-refractivity contribution >= 4 is 131 Å². The SMILES string of the molecule is CC(C)(C)c1ccc2c(c1)c1cc(C(C)(C)C)ccc1n2-c1ccc2c(c1)c1cc(-n3c4ccc(C(C)(C)C)cc4c4cc(C(C)(C)C)ccc43)ccc1n2CCOCCOCCOCCn1c2ccc(-n3c4ccc(C(C)(C)C)cc4c4cc(C(C)(C)C)ccc43)cc2c2cc(-n3c4ccc(C(C)(C)C)cc4c4cc(C(C)(C)C)ccc43)ccc21. The first kappa shape index (κ1) is 81.3. The monoisotopic (exact) mass is 1600 g/mol. The molecule has 6 heterocycles. The molecule has 0 atom stereocenters. The number of nitrogens with zero attached hydrogens (tertiary/aromatic N) is 6. The van der Waals surface area contributed by atoms with Gasteiger partial charge in [-0.1, -0.05) is 215 Å². The standard InChI is InChI=1S/C112H124N6O3/c1-105(2,3)69-25-37-97-81(57-69)82-58-70(106(4,5)6)26-38-98(82)115(97)77-33-45-93-89(65-77)90-66-78(116-99-39-27-71(107(7,8)9)59-83(99)84-60-72(108(10,11)12)28-40-100(84)116)34-46-94(90)113(93)49-51-119-53-55-121-56-54-120-52-50-114-95-47-35-79(117-101-41-29-73(109(13,14)15)61-85(101)86-62-74(110(16,17)18)30-42-102(86)117)67-91(95)92-68-80(36-48-96(92)114)118-103-43-31-75(111(19,20)21)63-87(103)88-64-76(112(22,23)24)32-44-104(88)118/h25-48,57-68H,49-56H2,1-24H3. The van der Waals surface area contributed by atoms with Crippen LogP contribution in [0.4, 0.5) is 0 Å². The van der Waals surface area contributed by atoms with E-state index in [-0.39, 0.29) is 43.3 Å². The number of rotatable bonds is 16. The molecule has 0 radical (unpaired) electrons. The lowest BCUT2D eigenvalue weighted by atomic mass is 9.85. The summed E-state index contributed by atoms with van der Waals surface area (Å²) in [6.45, 7) is 59.8. The average Bonchev–Trinajstić information content (AvgIpc) is 1.57. The zero-order valence-electron chi connectivity index (χ0n) is 76.3. The highest BCUT2D eigenvalue weighted by molar-refractivity contribution is 6.17. The van der Waals surface area contributed by atoms with Crippen molar-refractivity contribution in [1.82, 2.24) is 27.4 Å². The van der Waals surface area contributed by atoms with Gasteiger partial charge in [0.1, 0.15) is 0 Å². The van der Waals surface area contributed by atoms with Crippen LogP contribution in [0, 0.1) is 0 Å². The second-order valence-electron chi connectivity index (χ2n) is 43.1. The second-order valence-corrected chi connectivity index (χ2v) is 43.1. The van der Waals surface area contributed by atoms with Crippen molar-refractivity contribution in [3.63, 3.8) is 0 Å². The highest BCUT2D eigenvalue weighted by Gasteiger charge is 2.29. The van der Waals surface area contributed by atoms with E-state index in [1.54, 1.807) is 0 Å². The van der Waals surface area contributed by atoms with E-state index in [0.29, 0.717) is 52.7 Å². The molecule has 0 unspecified atom stereocenters. The third-order valence-corrected chi connectivity index (χ3v) is 26.3. The summed E-state index contributed by atoms with van der Waals surface area (Å²) < 4.78 is 34.4. The normalized spacial score (nSPS) is 13.5. The summed E-state index contributed by atoms with van der Waals surface area (Å²) in [6, 6.07) is 85.6. The minimum Gasteiger partial charge on any atom is -0.377 e. The number of ether oxygens (including phenoxy) is 3. The molecule has 0 aliphatic heterocycles. The largest absolute Gasteiger partial charge is 0.377 e. The van der Waals surface area contributed by atoms with Crippen LogP contribution in [0.25, 0.3) is 154 Å². The van der Waals surface area contributed by atoms with Gasteiger partial charge in [-0.2, -0.15) is 0 Å². The summed E-state index contributed by atoms with van der Waals surface area (Å²) in [5.41, 5.74) is 29.5. The Hall–Kier alpha value is -10.7. The molecule has 12 aromatic carbocycles. The first-order valence-electron chi connectivity index (χ1n) is 44.3. The summed E-state index contributed by atoms with van der Waals surface area (Å²) >= 11 is 0. The quantitative estimate of drug-likeness (QED) is 0.0906. The van der Waals surface area contributed by atoms with E-state index in [0.717, 1.165) is 22.7 Å². The predicted octanol–water partition coefficient (Wildman–Crippen LogP) is 29.4. The molecule has 0 amide bonds. The molecular formula is C112H124N6O3. The Morgan fingerprint density at radius 3 is 0.463 bits per heavy atom. The minimum atomic E-state index is -0.00497. The van der Waals surface area contributed by atoms with E-state index in [1.165, 1.54) is 175 Å². The molecule has 0 aliphatic carbocycles. The maximum absolute atomic E-state index is 6.57. The van der Waals surface area contributed by atoms with Gasteiger partial charge in [-0.25, -0.2) is 0 Å². The zero-order chi connectivity index (χ0) is 85.5. The van der Waals surface area contributed by atoms with Crippen molar-refractivity contribution in [1.29, 1.82) is 0 Å². The maximum Gasteiger partial charge on any atom is 0.0701 e. The minimum absolute atomic E-state index is 0.00497. The Kier molecular flexibility index (Phi) is 19.5. The Labute approximate surface area is 715 Å². The summed E-state index contributed by atoms with van der Waals surface area (Å²) in [4.78, 5) is 0. The highest BCUT2D eigenvalue weighted by Crippen LogP contribution is 2.47. The number of benzene rings is 12. The topological polar surface area (TPSA) is 57.3 Å². The van der Waals surface area contributed by atoms with Gasteiger partial charge in [0.15, 0.2) is 0 Å². The van der Waals surface area contributed by atoms with Crippen molar-refractivity contribution in [2.45, 2.75) is 223 Å². The van der Waals surface area contributed by atoms with Gasteiger partial charge in [0, 0.05) is 123 Å². The van der Waals surface area contributed by atoms with Crippen molar-refractivity contribution in [2.75, 3.05) is 39.6 Å². The molecule has 0 bridgehead atoms. The number of hydrogen-bond donors (Lipinski definition) is 0. The molecule has 6 aromatic heterocycles. The molecular weight excluding hydrogens is 1480 g/mol. The third kappa shape index (κ3) is 14.4. The summed E-state index contributed by atoms with van der Waals surface area (Å²) in [7, 11) is 0. The van der Waals surface area contributed by atoms with Crippen LogP contribution in [-0.2, 0) is 70.6 Å². The molecule has 0 N–H and O–H groups in total. The van der Waals surface area contributed by atoms with E-state index in [4.69, 9.17) is 14.2 Å². The average molecular weight is 1600 g/mol. The Balaban J connectivity index is 0.632. The number of aromatic nitrogens is 6. The smallest absolute Gasteiger partial charge is 0.0701 e. The Morgan fingerprint density at radius 1 is 0.165 bits per heavy atom.